The van der Waals surface area contributed by atoms with E-state index in [0.717, 1.165) is 75.6 Å². The molecule has 0 atom stereocenters. The maximum absolute atomic E-state index is 12.5. The molecular formula is C37H66N2O5. The molecule has 1 aliphatic rings. The van der Waals surface area contributed by atoms with Gasteiger partial charge in [0.1, 0.15) is 18.1 Å². The molecule has 1 aliphatic heterocycles. The van der Waals surface area contributed by atoms with Gasteiger partial charge < -0.3 is 24.2 Å². The number of rotatable bonds is 28. The van der Waals surface area contributed by atoms with Crippen LogP contribution in [0, 0.1) is 0 Å². The molecule has 1 aromatic rings. The molecule has 2 rings (SSSR count). The van der Waals surface area contributed by atoms with Crippen LogP contribution in [0.3, 0.4) is 0 Å². The summed E-state index contributed by atoms with van der Waals surface area (Å²) in [6.45, 7) is 12.0. The van der Waals surface area contributed by atoms with Crippen molar-refractivity contribution in [1.82, 2.24) is 9.80 Å². The first-order valence-electron chi connectivity index (χ1n) is 18.2. The lowest BCUT2D eigenvalue weighted by Crippen LogP contribution is -2.47. The molecule has 0 spiro atoms. The second kappa shape index (κ2) is 26.4. The molecule has 0 amide bonds. The number of ether oxygens (including phenoxy) is 3. The molecule has 1 N–H and O–H groups in total. The minimum Gasteiger partial charge on any atom is -0.493 e. The summed E-state index contributed by atoms with van der Waals surface area (Å²) in [4.78, 5) is 17.2. The number of carbonyl (C=O) groups is 1. The van der Waals surface area contributed by atoms with Gasteiger partial charge >= 0.3 is 5.97 Å². The summed E-state index contributed by atoms with van der Waals surface area (Å²) < 4.78 is 18.0. The Kier molecular flexibility index (Phi) is 23.0. The summed E-state index contributed by atoms with van der Waals surface area (Å²) in [5.74, 6) is 1.44. The van der Waals surface area contributed by atoms with Crippen molar-refractivity contribution in [3.63, 3.8) is 0 Å². The van der Waals surface area contributed by atoms with Crippen LogP contribution in [-0.4, -0.2) is 80.0 Å². The van der Waals surface area contributed by atoms with Crippen LogP contribution in [-0.2, 0) is 16.1 Å². The Morgan fingerprint density at radius 3 is 1.57 bits per heavy atom. The molecule has 0 aromatic heterocycles. The first kappa shape index (κ1) is 38.4. The van der Waals surface area contributed by atoms with Gasteiger partial charge in [0.05, 0.1) is 19.8 Å². The Morgan fingerprint density at radius 2 is 1.09 bits per heavy atom. The van der Waals surface area contributed by atoms with Crippen LogP contribution in [0.1, 0.15) is 135 Å². The lowest BCUT2D eigenvalue weighted by atomic mass is 10.1. The number of nitrogens with zero attached hydrogens (tertiary/aromatic N) is 2. The number of benzene rings is 1. The first-order chi connectivity index (χ1) is 21.6. The van der Waals surface area contributed by atoms with E-state index in [9.17, 15) is 4.79 Å². The third kappa shape index (κ3) is 19.5. The summed E-state index contributed by atoms with van der Waals surface area (Å²) >= 11 is 0. The number of hydrogen-bond acceptors (Lipinski definition) is 7. The van der Waals surface area contributed by atoms with Gasteiger partial charge in [0, 0.05) is 45.2 Å². The molecule has 7 heteroatoms. The van der Waals surface area contributed by atoms with Crippen LogP contribution in [0.15, 0.2) is 18.2 Å². The molecule has 1 saturated heterocycles. The number of aliphatic hydroxyl groups excluding tert-OH is 1. The highest BCUT2D eigenvalue weighted by molar-refractivity contribution is 5.69. The lowest BCUT2D eigenvalue weighted by molar-refractivity contribution is -0.145. The number of esters is 1. The van der Waals surface area contributed by atoms with Crippen molar-refractivity contribution in [2.45, 2.75) is 136 Å². The van der Waals surface area contributed by atoms with Crippen LogP contribution in [0.2, 0.25) is 0 Å². The van der Waals surface area contributed by atoms with E-state index in [0.29, 0.717) is 19.6 Å². The Balaban J connectivity index is 1.74. The molecule has 1 aromatic carbocycles. The summed E-state index contributed by atoms with van der Waals surface area (Å²) in [6.07, 6.45) is 21.6. The van der Waals surface area contributed by atoms with Gasteiger partial charge in [0.2, 0.25) is 0 Å². The summed E-state index contributed by atoms with van der Waals surface area (Å²) in [7, 11) is 0. The van der Waals surface area contributed by atoms with E-state index in [1.165, 1.54) is 89.9 Å². The Labute approximate surface area is 270 Å². The third-order valence-corrected chi connectivity index (χ3v) is 8.61. The van der Waals surface area contributed by atoms with Crippen molar-refractivity contribution in [2.24, 2.45) is 0 Å². The fourth-order valence-electron chi connectivity index (χ4n) is 5.79. The zero-order chi connectivity index (χ0) is 31.5. The maximum atomic E-state index is 12.5. The number of unbranched alkanes of at least 4 members (excludes halogenated alkanes) is 14. The van der Waals surface area contributed by atoms with Crippen molar-refractivity contribution in [1.29, 1.82) is 0 Å². The largest absolute Gasteiger partial charge is 0.493 e. The minimum absolute atomic E-state index is 0.157. The molecule has 0 radical (unpaired) electrons. The quantitative estimate of drug-likeness (QED) is 0.0750. The highest BCUT2D eigenvalue weighted by Gasteiger charge is 2.16. The Morgan fingerprint density at radius 1 is 0.636 bits per heavy atom. The average molecular weight is 619 g/mol. The molecule has 0 unspecified atom stereocenters. The van der Waals surface area contributed by atoms with E-state index in [-0.39, 0.29) is 19.2 Å². The summed E-state index contributed by atoms with van der Waals surface area (Å²) in [5.41, 5.74) is 0.915. The van der Waals surface area contributed by atoms with Crippen LogP contribution in [0.25, 0.3) is 0 Å². The number of β-amino-alcohol motifs (C(OH)–C–C–N with tert-alkyl or cyclic N) is 1. The molecular weight excluding hydrogens is 552 g/mol. The van der Waals surface area contributed by atoms with Crippen LogP contribution in [0.5, 0.6) is 11.5 Å². The van der Waals surface area contributed by atoms with E-state index >= 15 is 0 Å². The SMILES string of the molecule is CCCCCCCCCCOc1cc(COC(=O)CCCN2CCN(CCO)CC2)cc(OCCCCCCCCCC)c1. The number of hydrogen-bond donors (Lipinski definition) is 1. The minimum atomic E-state index is -0.157. The smallest absolute Gasteiger partial charge is 0.306 e. The van der Waals surface area contributed by atoms with Crippen LogP contribution >= 0.6 is 0 Å². The molecule has 0 aliphatic carbocycles. The number of aliphatic hydroxyl groups is 1. The maximum Gasteiger partial charge on any atom is 0.306 e. The summed E-state index contributed by atoms with van der Waals surface area (Å²) in [6, 6.07) is 5.97. The zero-order valence-electron chi connectivity index (χ0n) is 28.5. The standard InChI is InChI=1S/C37H66N2O5/c1-3-5-7-9-11-13-15-17-28-42-35-30-34(31-36(32-35)43-29-18-16-14-12-10-8-6-4-2)33-44-37(41)20-19-21-38-22-24-39(25-23-38)26-27-40/h30-32,40H,3-29,33H2,1-2H3. The van der Waals surface area contributed by atoms with Gasteiger partial charge in [0.25, 0.3) is 0 Å². The Bertz CT molecular complexity index is 788. The topological polar surface area (TPSA) is 71.5 Å². The van der Waals surface area contributed by atoms with E-state index in [1.807, 2.05) is 18.2 Å². The molecule has 1 heterocycles. The van der Waals surface area contributed by atoms with Gasteiger partial charge in [-0.05, 0) is 43.5 Å². The van der Waals surface area contributed by atoms with Crippen LogP contribution < -0.4 is 9.47 Å². The predicted octanol–water partition coefficient (Wildman–Crippen LogP) is 8.16. The monoisotopic (exact) mass is 618 g/mol. The van der Waals surface area contributed by atoms with E-state index in [4.69, 9.17) is 19.3 Å². The molecule has 0 saturated carbocycles. The van der Waals surface area contributed by atoms with E-state index in [2.05, 4.69) is 23.6 Å². The van der Waals surface area contributed by atoms with Crippen molar-refractivity contribution in [3.8, 4) is 11.5 Å². The normalized spacial score (nSPS) is 14.2. The second-order valence-corrected chi connectivity index (χ2v) is 12.6. The predicted molar refractivity (Wildman–Crippen MR) is 182 cm³/mol. The van der Waals surface area contributed by atoms with Crippen molar-refractivity contribution in [3.05, 3.63) is 23.8 Å². The molecule has 7 nitrogen and oxygen atoms in total. The van der Waals surface area contributed by atoms with Gasteiger partial charge in [-0.1, -0.05) is 104 Å². The van der Waals surface area contributed by atoms with Gasteiger partial charge in [-0.3, -0.25) is 9.69 Å². The fourth-order valence-corrected chi connectivity index (χ4v) is 5.79. The van der Waals surface area contributed by atoms with Gasteiger partial charge in [-0.25, -0.2) is 0 Å². The summed E-state index contributed by atoms with van der Waals surface area (Å²) in [5, 5.41) is 9.12. The van der Waals surface area contributed by atoms with Crippen molar-refractivity contribution < 1.29 is 24.1 Å². The lowest BCUT2D eigenvalue weighted by Gasteiger charge is -2.34. The van der Waals surface area contributed by atoms with Gasteiger partial charge in [0.15, 0.2) is 0 Å². The Hall–Kier alpha value is -1.83. The highest BCUT2D eigenvalue weighted by Crippen LogP contribution is 2.25. The van der Waals surface area contributed by atoms with Crippen molar-refractivity contribution in [2.75, 3.05) is 59.1 Å². The first-order valence-corrected chi connectivity index (χ1v) is 18.2. The average Bonchev–Trinajstić information content (AvgIpc) is 3.03. The van der Waals surface area contributed by atoms with Crippen LogP contribution in [0.4, 0.5) is 0 Å². The fraction of sp³-hybridized carbons (Fsp3) is 0.811. The number of piperazine rings is 1. The zero-order valence-corrected chi connectivity index (χ0v) is 28.5. The highest BCUT2D eigenvalue weighted by atomic mass is 16.5. The van der Waals surface area contributed by atoms with Crippen molar-refractivity contribution >= 4 is 5.97 Å². The van der Waals surface area contributed by atoms with E-state index < -0.39 is 0 Å². The molecule has 44 heavy (non-hydrogen) atoms. The van der Waals surface area contributed by atoms with E-state index in [1.54, 1.807) is 0 Å². The molecule has 0 bridgehead atoms. The molecule has 1 fully saturated rings. The van der Waals surface area contributed by atoms with Gasteiger partial charge in [-0.2, -0.15) is 0 Å². The molecule has 254 valence electrons. The van der Waals surface area contributed by atoms with Gasteiger partial charge in [-0.15, -0.1) is 0 Å². The number of carbonyl (C=O) groups excluding carboxylic acids is 1. The second-order valence-electron chi connectivity index (χ2n) is 12.6. The third-order valence-electron chi connectivity index (χ3n) is 8.61.